The van der Waals surface area contributed by atoms with Crippen molar-refractivity contribution < 1.29 is 13.5 Å². The van der Waals surface area contributed by atoms with Crippen molar-refractivity contribution in [1.29, 1.82) is 0 Å². The first-order valence-corrected chi connectivity index (χ1v) is 5.62. The minimum absolute atomic E-state index is 0.127. The first-order chi connectivity index (χ1) is 8.61. The average molecular weight is 271 g/mol. The zero-order valence-corrected chi connectivity index (χ0v) is 10.2. The molecule has 94 valence electrons. The summed E-state index contributed by atoms with van der Waals surface area (Å²) in [5, 5.41) is 0.235. The van der Waals surface area contributed by atoms with E-state index < -0.39 is 11.6 Å². The van der Waals surface area contributed by atoms with E-state index in [4.69, 9.17) is 16.3 Å². The molecule has 2 rings (SSSR count). The minimum Gasteiger partial charge on any atom is -0.435 e. The number of aromatic nitrogens is 2. The smallest absolute Gasteiger partial charge is 0.227 e. The summed E-state index contributed by atoms with van der Waals surface area (Å²) in [5.41, 5.74) is 0.544. The molecule has 1 aromatic heterocycles. The Hall–Kier alpha value is -1.75. The molecule has 0 amide bonds. The van der Waals surface area contributed by atoms with Gasteiger partial charge in [-0.05, 0) is 18.6 Å². The monoisotopic (exact) mass is 270 g/mol. The van der Waals surface area contributed by atoms with Crippen LogP contribution in [-0.4, -0.2) is 9.97 Å². The van der Waals surface area contributed by atoms with Crippen LogP contribution in [0.3, 0.4) is 0 Å². The zero-order valence-electron chi connectivity index (χ0n) is 9.45. The molecule has 6 heteroatoms. The Morgan fingerprint density at radius 1 is 1.28 bits per heavy atom. The fourth-order valence-electron chi connectivity index (χ4n) is 1.42. The van der Waals surface area contributed by atoms with Gasteiger partial charge in [-0.25, -0.2) is 18.7 Å². The lowest BCUT2D eigenvalue weighted by atomic mass is 10.2. The Bertz CT molecular complexity index is 578. The van der Waals surface area contributed by atoms with Crippen molar-refractivity contribution in [1.82, 2.24) is 9.97 Å². The molecule has 0 bridgehead atoms. The summed E-state index contributed by atoms with van der Waals surface area (Å²) in [7, 11) is 0. The van der Waals surface area contributed by atoms with Crippen molar-refractivity contribution in [2.75, 3.05) is 0 Å². The summed E-state index contributed by atoms with van der Waals surface area (Å²) in [6, 6.07) is 2.94. The molecule has 2 aromatic rings. The lowest BCUT2D eigenvalue weighted by Gasteiger charge is -2.09. The van der Waals surface area contributed by atoms with Gasteiger partial charge in [0.2, 0.25) is 5.88 Å². The molecule has 0 saturated heterocycles. The van der Waals surface area contributed by atoms with Crippen LogP contribution in [0.4, 0.5) is 8.78 Å². The third-order valence-electron chi connectivity index (χ3n) is 2.31. The first kappa shape index (κ1) is 12.7. The molecule has 0 unspecified atom stereocenters. The zero-order chi connectivity index (χ0) is 13.1. The van der Waals surface area contributed by atoms with Crippen molar-refractivity contribution in [3.8, 4) is 11.6 Å². The molecular weight excluding hydrogens is 262 g/mol. The largest absolute Gasteiger partial charge is 0.435 e. The van der Waals surface area contributed by atoms with Crippen LogP contribution in [-0.2, 0) is 6.42 Å². The maximum absolute atomic E-state index is 13.4. The van der Waals surface area contributed by atoms with Gasteiger partial charge in [0, 0.05) is 6.07 Å². The number of hydrogen-bond donors (Lipinski definition) is 0. The van der Waals surface area contributed by atoms with E-state index in [9.17, 15) is 8.78 Å². The number of nitrogens with zero attached hydrogens (tertiary/aromatic N) is 2. The third kappa shape index (κ3) is 2.56. The van der Waals surface area contributed by atoms with E-state index >= 15 is 0 Å². The molecular formula is C12H9ClF2N2O. The number of rotatable bonds is 3. The average Bonchev–Trinajstić information content (AvgIpc) is 2.34. The van der Waals surface area contributed by atoms with Gasteiger partial charge in [-0.15, -0.1) is 0 Å². The van der Waals surface area contributed by atoms with E-state index in [0.29, 0.717) is 12.0 Å². The number of hydrogen-bond acceptors (Lipinski definition) is 3. The summed E-state index contributed by atoms with van der Waals surface area (Å²) in [6.07, 6.45) is 1.72. The molecule has 0 fully saturated rings. The number of benzene rings is 1. The molecule has 0 N–H and O–H groups in total. The molecule has 18 heavy (non-hydrogen) atoms. The lowest BCUT2D eigenvalue weighted by Crippen LogP contribution is -1.98. The Labute approximate surface area is 107 Å². The standard InChI is InChI=1S/C12H9ClF2N2O/c1-2-8-11(13)16-6-17-12(8)18-10-5-7(14)3-4-9(10)15/h3-6H,2H2,1H3. The van der Waals surface area contributed by atoms with Gasteiger partial charge in [-0.3, -0.25) is 0 Å². The molecule has 1 aromatic carbocycles. The van der Waals surface area contributed by atoms with Crippen molar-refractivity contribution in [2.45, 2.75) is 13.3 Å². The second-order valence-electron chi connectivity index (χ2n) is 3.48. The van der Waals surface area contributed by atoms with E-state index in [2.05, 4.69) is 9.97 Å². The van der Waals surface area contributed by atoms with Crippen LogP contribution >= 0.6 is 11.6 Å². The van der Waals surface area contributed by atoms with E-state index in [1.807, 2.05) is 6.92 Å². The van der Waals surface area contributed by atoms with E-state index in [-0.39, 0.29) is 16.8 Å². The quantitative estimate of drug-likeness (QED) is 0.797. The van der Waals surface area contributed by atoms with Gasteiger partial charge in [-0.1, -0.05) is 18.5 Å². The minimum atomic E-state index is -0.673. The van der Waals surface area contributed by atoms with Crippen LogP contribution < -0.4 is 4.74 Å². The highest BCUT2D eigenvalue weighted by atomic mass is 35.5. The van der Waals surface area contributed by atoms with Gasteiger partial charge in [0.05, 0.1) is 5.56 Å². The molecule has 0 atom stereocenters. The fourth-order valence-corrected chi connectivity index (χ4v) is 1.68. The predicted molar refractivity (Wildman–Crippen MR) is 62.9 cm³/mol. The number of ether oxygens (including phenoxy) is 1. The summed E-state index contributed by atoms with van der Waals surface area (Å²) in [5.74, 6) is -1.38. The van der Waals surface area contributed by atoms with Gasteiger partial charge >= 0.3 is 0 Å². The highest BCUT2D eigenvalue weighted by Crippen LogP contribution is 2.29. The maximum Gasteiger partial charge on any atom is 0.227 e. The van der Waals surface area contributed by atoms with Crippen molar-refractivity contribution in [2.24, 2.45) is 0 Å². The Morgan fingerprint density at radius 2 is 2.06 bits per heavy atom. The third-order valence-corrected chi connectivity index (χ3v) is 2.63. The maximum atomic E-state index is 13.4. The van der Waals surface area contributed by atoms with E-state index in [0.717, 1.165) is 18.2 Å². The molecule has 0 spiro atoms. The van der Waals surface area contributed by atoms with Gasteiger partial charge in [-0.2, -0.15) is 0 Å². The predicted octanol–water partition coefficient (Wildman–Crippen LogP) is 3.76. The SMILES string of the molecule is CCc1c(Cl)ncnc1Oc1cc(F)ccc1F. The Balaban J connectivity index is 2.40. The van der Waals surface area contributed by atoms with Crippen molar-refractivity contribution >= 4 is 11.6 Å². The molecule has 0 saturated carbocycles. The molecule has 0 radical (unpaired) electrons. The van der Waals surface area contributed by atoms with Gasteiger partial charge in [0.1, 0.15) is 17.3 Å². The lowest BCUT2D eigenvalue weighted by molar-refractivity contribution is 0.417. The van der Waals surface area contributed by atoms with Gasteiger partial charge in [0.15, 0.2) is 11.6 Å². The second-order valence-corrected chi connectivity index (χ2v) is 3.84. The van der Waals surface area contributed by atoms with E-state index in [1.54, 1.807) is 0 Å². The van der Waals surface area contributed by atoms with Crippen LogP contribution in [0.5, 0.6) is 11.6 Å². The summed E-state index contributed by atoms with van der Waals surface area (Å²) in [4.78, 5) is 7.67. The van der Waals surface area contributed by atoms with Gasteiger partial charge in [0.25, 0.3) is 0 Å². The Kier molecular flexibility index (Phi) is 3.72. The normalized spacial score (nSPS) is 10.4. The Morgan fingerprint density at radius 3 is 2.78 bits per heavy atom. The first-order valence-electron chi connectivity index (χ1n) is 5.24. The second kappa shape index (κ2) is 5.27. The highest BCUT2D eigenvalue weighted by molar-refractivity contribution is 6.30. The molecule has 0 aliphatic rings. The number of halogens is 3. The van der Waals surface area contributed by atoms with Crippen molar-refractivity contribution in [3.63, 3.8) is 0 Å². The van der Waals surface area contributed by atoms with Crippen LogP contribution in [0.1, 0.15) is 12.5 Å². The van der Waals surface area contributed by atoms with E-state index in [1.165, 1.54) is 6.33 Å². The molecule has 1 heterocycles. The van der Waals surface area contributed by atoms with Crippen LogP contribution in [0.25, 0.3) is 0 Å². The summed E-state index contributed by atoms with van der Waals surface area (Å²) >= 11 is 5.87. The van der Waals surface area contributed by atoms with Crippen LogP contribution in [0.15, 0.2) is 24.5 Å². The molecule has 0 aliphatic carbocycles. The van der Waals surface area contributed by atoms with Gasteiger partial charge < -0.3 is 4.74 Å². The van der Waals surface area contributed by atoms with Crippen molar-refractivity contribution in [3.05, 3.63) is 46.9 Å². The summed E-state index contributed by atoms with van der Waals surface area (Å²) < 4.78 is 31.7. The topological polar surface area (TPSA) is 35.0 Å². The fraction of sp³-hybridized carbons (Fsp3) is 0.167. The summed E-state index contributed by atoms with van der Waals surface area (Å²) in [6.45, 7) is 1.83. The molecule has 0 aliphatic heterocycles. The molecule has 3 nitrogen and oxygen atoms in total. The van der Waals surface area contributed by atoms with Crippen LogP contribution in [0, 0.1) is 11.6 Å². The highest BCUT2D eigenvalue weighted by Gasteiger charge is 2.13. The van der Waals surface area contributed by atoms with Crippen LogP contribution in [0.2, 0.25) is 5.15 Å².